The summed E-state index contributed by atoms with van der Waals surface area (Å²) in [4.78, 5) is 15.7. The fraction of sp³-hybridized carbons (Fsp3) is 0.0769. The van der Waals surface area contributed by atoms with Gasteiger partial charge >= 0.3 is 6.03 Å². The molecule has 2 rings (SSSR count). The first-order valence-electron chi connectivity index (χ1n) is 5.54. The van der Waals surface area contributed by atoms with Gasteiger partial charge in [0.05, 0.1) is 5.69 Å². The first kappa shape index (κ1) is 14.0. The number of aromatic nitrogens is 1. The van der Waals surface area contributed by atoms with Crippen LogP contribution in [0.3, 0.4) is 0 Å². The largest absolute Gasteiger partial charge is 0.334 e. The van der Waals surface area contributed by atoms with Gasteiger partial charge in [0.2, 0.25) is 0 Å². The van der Waals surface area contributed by atoms with Crippen molar-refractivity contribution >= 4 is 43.6 Å². The van der Waals surface area contributed by atoms with Gasteiger partial charge in [0.25, 0.3) is 0 Å². The Hall–Kier alpha value is -1.40. The first-order chi connectivity index (χ1) is 9.15. The molecule has 0 spiro atoms. The zero-order valence-corrected chi connectivity index (χ0v) is 13.0. The van der Waals surface area contributed by atoms with Crippen LogP contribution in [0.1, 0.15) is 5.56 Å². The third kappa shape index (κ3) is 4.33. The average molecular weight is 385 g/mol. The van der Waals surface area contributed by atoms with Gasteiger partial charge in [-0.2, -0.15) is 0 Å². The van der Waals surface area contributed by atoms with E-state index in [0.717, 1.165) is 20.2 Å². The van der Waals surface area contributed by atoms with Crippen LogP contribution in [-0.2, 0) is 6.54 Å². The van der Waals surface area contributed by atoms with Gasteiger partial charge in [-0.05, 0) is 51.8 Å². The van der Waals surface area contributed by atoms with E-state index in [2.05, 4.69) is 47.5 Å². The highest BCUT2D eigenvalue weighted by atomic mass is 79.9. The number of rotatable bonds is 3. The molecule has 0 aliphatic heterocycles. The Bertz CT molecular complexity index is 575. The number of carbonyl (C=O) groups excluding carboxylic acids is 1. The number of carbonyl (C=O) groups is 1. The molecule has 0 bridgehead atoms. The molecule has 0 saturated heterocycles. The lowest BCUT2D eigenvalue weighted by Crippen LogP contribution is -2.28. The minimum atomic E-state index is -0.250. The van der Waals surface area contributed by atoms with Crippen LogP contribution in [0, 0.1) is 0 Å². The Morgan fingerprint density at radius 2 is 1.89 bits per heavy atom. The second kappa shape index (κ2) is 6.68. The fourth-order valence-corrected chi connectivity index (χ4v) is 2.59. The van der Waals surface area contributed by atoms with Crippen LogP contribution < -0.4 is 10.6 Å². The lowest BCUT2D eigenvalue weighted by molar-refractivity contribution is 0.251. The molecular weight excluding hydrogens is 374 g/mol. The molecule has 0 radical (unpaired) electrons. The van der Waals surface area contributed by atoms with Crippen LogP contribution in [0.4, 0.5) is 10.5 Å². The van der Waals surface area contributed by atoms with Crippen molar-refractivity contribution < 1.29 is 4.79 Å². The number of urea groups is 1. The number of nitrogens with zero attached hydrogens (tertiary/aromatic N) is 1. The molecule has 1 aromatic carbocycles. The summed E-state index contributed by atoms with van der Waals surface area (Å²) < 4.78 is 1.77. The Morgan fingerprint density at radius 1 is 1.16 bits per heavy atom. The van der Waals surface area contributed by atoms with Gasteiger partial charge in [0.15, 0.2) is 0 Å². The van der Waals surface area contributed by atoms with E-state index < -0.39 is 0 Å². The first-order valence-corrected chi connectivity index (χ1v) is 7.12. The molecule has 0 saturated carbocycles. The summed E-state index contributed by atoms with van der Waals surface area (Å²) in [6.07, 6.45) is 3.39. The smallest absolute Gasteiger partial charge is 0.319 e. The van der Waals surface area contributed by atoms with E-state index in [4.69, 9.17) is 0 Å². The highest BCUT2D eigenvalue weighted by Crippen LogP contribution is 2.25. The van der Waals surface area contributed by atoms with Crippen molar-refractivity contribution in [2.24, 2.45) is 0 Å². The Morgan fingerprint density at radius 3 is 2.58 bits per heavy atom. The fourth-order valence-electron chi connectivity index (χ4n) is 1.44. The molecular formula is C13H11Br2N3O. The maximum absolute atomic E-state index is 11.8. The predicted molar refractivity (Wildman–Crippen MR) is 81.9 cm³/mol. The second-order valence-electron chi connectivity index (χ2n) is 3.79. The number of benzene rings is 1. The van der Waals surface area contributed by atoms with Gasteiger partial charge < -0.3 is 10.6 Å². The zero-order valence-electron chi connectivity index (χ0n) is 9.86. The van der Waals surface area contributed by atoms with Crippen LogP contribution in [0.5, 0.6) is 0 Å². The summed E-state index contributed by atoms with van der Waals surface area (Å²) in [7, 11) is 0. The maximum Gasteiger partial charge on any atom is 0.319 e. The molecule has 19 heavy (non-hydrogen) atoms. The number of hydrogen-bond acceptors (Lipinski definition) is 2. The minimum Gasteiger partial charge on any atom is -0.334 e. The summed E-state index contributed by atoms with van der Waals surface area (Å²) in [5.74, 6) is 0. The van der Waals surface area contributed by atoms with Crippen molar-refractivity contribution in [2.45, 2.75) is 6.54 Å². The summed E-state index contributed by atoms with van der Waals surface area (Å²) in [5, 5.41) is 5.55. The average Bonchev–Trinajstić information content (AvgIpc) is 2.41. The van der Waals surface area contributed by atoms with Crippen LogP contribution in [-0.4, -0.2) is 11.0 Å². The van der Waals surface area contributed by atoms with Crippen LogP contribution >= 0.6 is 31.9 Å². The van der Waals surface area contributed by atoms with Crippen molar-refractivity contribution in [1.82, 2.24) is 10.3 Å². The van der Waals surface area contributed by atoms with Crippen molar-refractivity contribution in [3.05, 3.63) is 57.2 Å². The standard InChI is InChI=1S/C13H11Br2N3O/c14-10-1-2-12(11(15)7-10)18-13(19)17-8-9-3-5-16-6-4-9/h1-7H,8H2,(H2,17,18,19). The number of amides is 2. The van der Waals surface area contributed by atoms with E-state index in [1.807, 2.05) is 30.3 Å². The quantitative estimate of drug-likeness (QED) is 0.842. The summed E-state index contributed by atoms with van der Waals surface area (Å²) >= 11 is 6.75. The lowest BCUT2D eigenvalue weighted by Gasteiger charge is -2.09. The normalized spacial score (nSPS) is 10.0. The molecule has 1 heterocycles. The Labute approximate surface area is 127 Å². The molecule has 1 aromatic heterocycles. The zero-order chi connectivity index (χ0) is 13.7. The van der Waals surface area contributed by atoms with Gasteiger partial charge in [0.1, 0.15) is 0 Å². The monoisotopic (exact) mass is 383 g/mol. The molecule has 2 aromatic rings. The molecule has 0 atom stereocenters. The molecule has 0 aliphatic carbocycles. The summed E-state index contributed by atoms with van der Waals surface area (Å²) in [5.41, 5.74) is 1.72. The molecule has 2 amide bonds. The van der Waals surface area contributed by atoms with E-state index in [1.54, 1.807) is 12.4 Å². The van der Waals surface area contributed by atoms with E-state index in [0.29, 0.717) is 6.54 Å². The third-order valence-corrected chi connectivity index (χ3v) is 3.53. The van der Waals surface area contributed by atoms with Gasteiger partial charge in [-0.1, -0.05) is 15.9 Å². The Kier molecular flexibility index (Phi) is 4.93. The molecule has 2 N–H and O–H groups in total. The molecule has 0 unspecified atom stereocenters. The molecule has 98 valence electrons. The highest BCUT2D eigenvalue weighted by molar-refractivity contribution is 9.11. The molecule has 4 nitrogen and oxygen atoms in total. The number of pyridine rings is 1. The number of anilines is 1. The molecule has 0 fully saturated rings. The number of halogens is 2. The molecule has 6 heteroatoms. The molecule has 0 aliphatic rings. The SMILES string of the molecule is O=C(NCc1ccncc1)Nc1ccc(Br)cc1Br. The summed E-state index contributed by atoms with van der Waals surface area (Å²) in [6, 6.07) is 9.02. The van der Waals surface area contributed by atoms with Crippen molar-refractivity contribution in [2.75, 3.05) is 5.32 Å². The van der Waals surface area contributed by atoms with Crippen molar-refractivity contribution in [3.63, 3.8) is 0 Å². The van der Waals surface area contributed by atoms with Crippen LogP contribution in [0.2, 0.25) is 0 Å². The van der Waals surface area contributed by atoms with E-state index >= 15 is 0 Å². The minimum absolute atomic E-state index is 0.250. The predicted octanol–water partition coefficient (Wildman–Crippen LogP) is 3.93. The summed E-state index contributed by atoms with van der Waals surface area (Å²) in [6.45, 7) is 0.461. The van der Waals surface area contributed by atoms with Gasteiger partial charge in [0, 0.05) is 27.9 Å². The lowest BCUT2D eigenvalue weighted by atomic mass is 10.3. The van der Waals surface area contributed by atoms with Crippen LogP contribution in [0.25, 0.3) is 0 Å². The van der Waals surface area contributed by atoms with Crippen molar-refractivity contribution in [1.29, 1.82) is 0 Å². The van der Waals surface area contributed by atoms with E-state index in [-0.39, 0.29) is 6.03 Å². The van der Waals surface area contributed by atoms with Gasteiger partial charge in [-0.3, -0.25) is 4.98 Å². The topological polar surface area (TPSA) is 54.0 Å². The second-order valence-corrected chi connectivity index (χ2v) is 5.56. The number of nitrogens with one attached hydrogen (secondary N) is 2. The van der Waals surface area contributed by atoms with E-state index in [9.17, 15) is 4.79 Å². The van der Waals surface area contributed by atoms with E-state index in [1.165, 1.54) is 0 Å². The van der Waals surface area contributed by atoms with Gasteiger partial charge in [-0.15, -0.1) is 0 Å². The Balaban J connectivity index is 1.91. The van der Waals surface area contributed by atoms with Crippen molar-refractivity contribution in [3.8, 4) is 0 Å². The maximum atomic E-state index is 11.8. The third-order valence-electron chi connectivity index (χ3n) is 2.38. The highest BCUT2D eigenvalue weighted by Gasteiger charge is 2.05. The van der Waals surface area contributed by atoms with Crippen LogP contribution in [0.15, 0.2) is 51.7 Å². The van der Waals surface area contributed by atoms with Gasteiger partial charge in [-0.25, -0.2) is 4.79 Å². The number of hydrogen-bond donors (Lipinski definition) is 2.